The normalized spacial score (nSPS) is 16.2. The molecule has 0 fully saturated rings. The first kappa shape index (κ1) is 10.4. The minimum Gasteiger partial charge on any atom is -0.463 e. The molecule has 0 saturated carbocycles. The number of carbonyl (C=O) groups excluding carboxylic acids is 1. The number of aliphatic hydroxyl groups excluding tert-OH is 1. The number of aliphatic hydroxyl groups is 1. The molecule has 0 bridgehead atoms. The summed E-state index contributed by atoms with van der Waals surface area (Å²) in [6, 6.07) is 0. The summed E-state index contributed by atoms with van der Waals surface area (Å²) in [5.41, 5.74) is 0. The molecule has 11 heavy (non-hydrogen) atoms. The highest BCUT2D eigenvalue weighted by atomic mass is 16.5. The molecule has 3 nitrogen and oxygen atoms in total. The van der Waals surface area contributed by atoms with Crippen LogP contribution in [0.5, 0.6) is 0 Å². The second-order valence-electron chi connectivity index (χ2n) is 3.01. The molecular formula is C8H16O3. The van der Waals surface area contributed by atoms with Crippen LogP contribution in [0.25, 0.3) is 0 Å². The zero-order chi connectivity index (χ0) is 9.02. The lowest BCUT2D eigenvalue weighted by atomic mass is 10.1. The topological polar surface area (TPSA) is 46.5 Å². The highest BCUT2D eigenvalue weighted by Gasteiger charge is 2.20. The van der Waals surface area contributed by atoms with Crippen LogP contribution < -0.4 is 0 Å². The molecule has 66 valence electrons. The fraction of sp³-hybridized carbons (Fsp3) is 0.875. The van der Waals surface area contributed by atoms with Crippen molar-refractivity contribution >= 4 is 5.97 Å². The molecule has 0 aromatic carbocycles. The number of hydrogen-bond donors (Lipinski definition) is 1. The third-order valence-corrected chi connectivity index (χ3v) is 1.45. The SMILES string of the molecule is CC(C)OC(=O)[C@H](C)[C@H](C)O. The van der Waals surface area contributed by atoms with Crippen molar-refractivity contribution in [3.8, 4) is 0 Å². The van der Waals surface area contributed by atoms with Crippen LogP contribution in [0.2, 0.25) is 0 Å². The van der Waals surface area contributed by atoms with E-state index in [1.54, 1.807) is 27.7 Å². The summed E-state index contributed by atoms with van der Waals surface area (Å²) in [5, 5.41) is 9.00. The zero-order valence-corrected chi connectivity index (χ0v) is 7.50. The van der Waals surface area contributed by atoms with E-state index in [-0.39, 0.29) is 12.1 Å². The van der Waals surface area contributed by atoms with E-state index in [0.29, 0.717) is 0 Å². The van der Waals surface area contributed by atoms with Crippen molar-refractivity contribution in [2.75, 3.05) is 0 Å². The molecule has 0 aliphatic rings. The van der Waals surface area contributed by atoms with Crippen LogP contribution in [0.3, 0.4) is 0 Å². The van der Waals surface area contributed by atoms with Crippen molar-refractivity contribution in [2.24, 2.45) is 5.92 Å². The third kappa shape index (κ3) is 3.98. The number of ether oxygens (including phenoxy) is 1. The quantitative estimate of drug-likeness (QED) is 0.625. The molecule has 3 heteroatoms. The van der Waals surface area contributed by atoms with Gasteiger partial charge in [-0.25, -0.2) is 0 Å². The Bertz CT molecular complexity index is 129. The fourth-order valence-electron chi connectivity index (χ4n) is 0.537. The Hall–Kier alpha value is -0.570. The first-order valence-electron chi connectivity index (χ1n) is 3.83. The van der Waals surface area contributed by atoms with Crippen molar-refractivity contribution in [1.82, 2.24) is 0 Å². The Morgan fingerprint density at radius 3 is 2.00 bits per heavy atom. The summed E-state index contributed by atoms with van der Waals surface area (Å²) in [4.78, 5) is 11.0. The average Bonchev–Trinajstić information content (AvgIpc) is 1.84. The molecule has 0 aliphatic heterocycles. The Morgan fingerprint density at radius 1 is 1.27 bits per heavy atom. The van der Waals surface area contributed by atoms with Gasteiger partial charge in [-0.05, 0) is 27.7 Å². The van der Waals surface area contributed by atoms with Crippen LogP contribution in [0.4, 0.5) is 0 Å². The maximum Gasteiger partial charge on any atom is 0.311 e. The highest BCUT2D eigenvalue weighted by Crippen LogP contribution is 2.05. The lowest BCUT2D eigenvalue weighted by molar-refractivity contribution is -0.155. The molecule has 0 saturated heterocycles. The van der Waals surface area contributed by atoms with E-state index in [4.69, 9.17) is 9.84 Å². The van der Waals surface area contributed by atoms with Gasteiger partial charge in [-0.3, -0.25) is 4.79 Å². The molecule has 0 spiro atoms. The average molecular weight is 160 g/mol. The second kappa shape index (κ2) is 4.34. The van der Waals surface area contributed by atoms with Crippen LogP contribution in [0.1, 0.15) is 27.7 Å². The molecule has 0 amide bonds. The zero-order valence-electron chi connectivity index (χ0n) is 7.50. The van der Waals surface area contributed by atoms with Gasteiger partial charge in [-0.2, -0.15) is 0 Å². The van der Waals surface area contributed by atoms with Crippen LogP contribution >= 0.6 is 0 Å². The van der Waals surface area contributed by atoms with E-state index in [1.807, 2.05) is 0 Å². The molecule has 0 unspecified atom stereocenters. The van der Waals surface area contributed by atoms with E-state index in [0.717, 1.165) is 0 Å². The Kier molecular flexibility index (Phi) is 4.11. The van der Waals surface area contributed by atoms with Gasteiger partial charge in [0.15, 0.2) is 0 Å². The van der Waals surface area contributed by atoms with E-state index in [9.17, 15) is 4.79 Å². The Labute approximate surface area is 67.4 Å². The predicted octanol–water partition coefficient (Wildman–Crippen LogP) is 0.955. The smallest absolute Gasteiger partial charge is 0.311 e. The van der Waals surface area contributed by atoms with Crippen molar-refractivity contribution in [2.45, 2.75) is 39.9 Å². The molecular weight excluding hydrogens is 144 g/mol. The molecule has 0 aromatic rings. The lowest BCUT2D eigenvalue weighted by Gasteiger charge is -2.15. The monoisotopic (exact) mass is 160 g/mol. The van der Waals surface area contributed by atoms with Gasteiger partial charge in [0.2, 0.25) is 0 Å². The Morgan fingerprint density at radius 2 is 1.73 bits per heavy atom. The lowest BCUT2D eigenvalue weighted by Crippen LogP contribution is -2.26. The Balaban J connectivity index is 3.83. The maximum atomic E-state index is 11.0. The molecule has 2 atom stereocenters. The summed E-state index contributed by atoms with van der Waals surface area (Å²) >= 11 is 0. The number of rotatable bonds is 3. The molecule has 0 heterocycles. The molecule has 0 radical (unpaired) electrons. The van der Waals surface area contributed by atoms with Crippen LogP contribution in [-0.2, 0) is 9.53 Å². The summed E-state index contributed by atoms with van der Waals surface area (Å²) in [6.45, 7) is 6.79. The van der Waals surface area contributed by atoms with E-state index >= 15 is 0 Å². The highest BCUT2D eigenvalue weighted by molar-refractivity contribution is 5.72. The minimum absolute atomic E-state index is 0.108. The largest absolute Gasteiger partial charge is 0.463 e. The van der Waals surface area contributed by atoms with Gasteiger partial charge in [-0.1, -0.05) is 0 Å². The van der Waals surface area contributed by atoms with Gasteiger partial charge >= 0.3 is 5.97 Å². The van der Waals surface area contributed by atoms with Gasteiger partial charge in [0.05, 0.1) is 18.1 Å². The molecule has 1 N–H and O–H groups in total. The number of carbonyl (C=O) groups is 1. The number of esters is 1. The molecule has 0 aromatic heterocycles. The number of hydrogen-bond acceptors (Lipinski definition) is 3. The van der Waals surface area contributed by atoms with Gasteiger partial charge in [0.25, 0.3) is 0 Å². The molecule has 0 rings (SSSR count). The first-order valence-corrected chi connectivity index (χ1v) is 3.83. The van der Waals surface area contributed by atoms with Gasteiger partial charge in [0.1, 0.15) is 0 Å². The predicted molar refractivity (Wildman–Crippen MR) is 42.1 cm³/mol. The summed E-state index contributed by atoms with van der Waals surface area (Å²) in [7, 11) is 0. The van der Waals surface area contributed by atoms with Crippen LogP contribution in [-0.4, -0.2) is 23.3 Å². The first-order chi connectivity index (χ1) is 4.95. The van der Waals surface area contributed by atoms with E-state index < -0.39 is 12.0 Å². The summed E-state index contributed by atoms with van der Waals surface area (Å²) in [5.74, 6) is -0.771. The van der Waals surface area contributed by atoms with Crippen molar-refractivity contribution in [3.05, 3.63) is 0 Å². The van der Waals surface area contributed by atoms with E-state index in [2.05, 4.69) is 0 Å². The van der Waals surface area contributed by atoms with Crippen molar-refractivity contribution < 1.29 is 14.6 Å². The van der Waals surface area contributed by atoms with E-state index in [1.165, 1.54) is 0 Å². The van der Waals surface area contributed by atoms with Gasteiger partial charge in [-0.15, -0.1) is 0 Å². The van der Waals surface area contributed by atoms with Crippen LogP contribution in [0, 0.1) is 5.92 Å². The fourth-order valence-corrected chi connectivity index (χ4v) is 0.537. The summed E-state index contributed by atoms with van der Waals surface area (Å²) < 4.78 is 4.87. The molecule has 0 aliphatic carbocycles. The third-order valence-electron chi connectivity index (χ3n) is 1.45. The maximum absolute atomic E-state index is 11.0. The van der Waals surface area contributed by atoms with Gasteiger partial charge < -0.3 is 9.84 Å². The van der Waals surface area contributed by atoms with Crippen molar-refractivity contribution in [3.63, 3.8) is 0 Å². The second-order valence-corrected chi connectivity index (χ2v) is 3.01. The van der Waals surface area contributed by atoms with Gasteiger partial charge in [0, 0.05) is 0 Å². The standard InChI is InChI=1S/C8H16O3/c1-5(2)11-8(10)6(3)7(4)9/h5-7,9H,1-4H3/t6-,7+/m1/s1. The summed E-state index contributed by atoms with van der Waals surface area (Å²) in [6.07, 6.45) is -0.745. The van der Waals surface area contributed by atoms with Crippen molar-refractivity contribution in [1.29, 1.82) is 0 Å². The van der Waals surface area contributed by atoms with Crippen LogP contribution in [0.15, 0.2) is 0 Å². The minimum atomic E-state index is -0.638.